The first-order valence-corrected chi connectivity index (χ1v) is 12.3. The molecule has 2 saturated heterocycles. The number of nitrogens with one attached hydrogen (secondary N) is 2. The summed E-state index contributed by atoms with van der Waals surface area (Å²) in [5.41, 5.74) is 4.51. The average Bonchev–Trinajstić information content (AvgIpc) is 3.29. The lowest BCUT2D eigenvalue weighted by Crippen LogP contribution is -2.62. The fraction of sp³-hybridized carbons (Fsp3) is 0.280. The van der Waals surface area contributed by atoms with Crippen molar-refractivity contribution in [3.63, 3.8) is 0 Å². The van der Waals surface area contributed by atoms with E-state index in [9.17, 15) is 9.59 Å². The van der Waals surface area contributed by atoms with E-state index in [2.05, 4.69) is 35.5 Å². The van der Waals surface area contributed by atoms with Gasteiger partial charge >= 0.3 is 0 Å². The van der Waals surface area contributed by atoms with Crippen molar-refractivity contribution >= 4 is 44.3 Å². The lowest BCUT2D eigenvalue weighted by molar-refractivity contribution is -0.141. The van der Waals surface area contributed by atoms with Crippen LogP contribution in [0.2, 0.25) is 0 Å². The third-order valence-corrected chi connectivity index (χ3v) is 7.78. The van der Waals surface area contributed by atoms with Crippen LogP contribution in [0.3, 0.4) is 0 Å². The van der Waals surface area contributed by atoms with Gasteiger partial charge in [0.05, 0.1) is 21.4 Å². The van der Waals surface area contributed by atoms with Crippen LogP contribution in [0.1, 0.15) is 28.9 Å². The predicted octanol–water partition coefficient (Wildman–Crippen LogP) is 3.43. The third-order valence-electron chi connectivity index (χ3n) is 6.87. The van der Waals surface area contributed by atoms with Gasteiger partial charge in [-0.15, -0.1) is 0 Å². The number of anilines is 2. The molecule has 2 fully saturated rings. The lowest BCUT2D eigenvalue weighted by atomic mass is 9.72. The zero-order chi connectivity index (χ0) is 24.0. The molecular weight excluding hydrogens is 462 g/mol. The van der Waals surface area contributed by atoms with E-state index in [0.29, 0.717) is 16.3 Å². The van der Waals surface area contributed by atoms with E-state index in [0.717, 1.165) is 59.7 Å². The first-order chi connectivity index (χ1) is 17.0. The average molecular weight is 486 g/mol. The molecule has 0 radical (unpaired) electrons. The first kappa shape index (κ1) is 21.6. The van der Waals surface area contributed by atoms with E-state index >= 15 is 0 Å². The molecule has 0 aliphatic carbocycles. The number of carbonyl (C=O) groups is 2. The number of β-lactam (4-membered cyclic amide) rings is 1. The van der Waals surface area contributed by atoms with Crippen molar-refractivity contribution in [2.45, 2.75) is 19.8 Å². The Morgan fingerprint density at radius 1 is 1.11 bits per heavy atom. The molecule has 10 heteroatoms. The van der Waals surface area contributed by atoms with E-state index < -0.39 is 0 Å². The second kappa shape index (κ2) is 8.38. The minimum atomic E-state index is -0.261. The van der Waals surface area contributed by atoms with E-state index in [-0.39, 0.29) is 17.2 Å². The van der Waals surface area contributed by atoms with E-state index in [4.69, 9.17) is 0 Å². The molecule has 1 spiro atoms. The third kappa shape index (κ3) is 3.89. The number of pyridine rings is 3. The number of hydrogen-bond donors (Lipinski definition) is 2. The van der Waals surface area contributed by atoms with Gasteiger partial charge < -0.3 is 10.2 Å². The summed E-state index contributed by atoms with van der Waals surface area (Å²) in [6.45, 7) is 4.10. The molecule has 2 amide bonds. The standard InChI is InChI=1S/C25H23N7O2S/c1-15-10-19(32-8-4-25(5-9-32)14-29-23(25)34)18(13-27-15)22(33)31-24-30-21-20(35-24)11-17(12-28-21)16-2-6-26-7-3-16/h2-3,6-7,10-13H,4-5,8-9,14H2,1H3,(H,29,34)(H,28,30,31,33). The normalized spacial score (nSPS) is 16.7. The van der Waals surface area contributed by atoms with Gasteiger partial charge in [0.15, 0.2) is 10.8 Å². The number of nitrogens with zero attached hydrogens (tertiary/aromatic N) is 5. The van der Waals surface area contributed by atoms with Crippen molar-refractivity contribution in [2.75, 3.05) is 29.9 Å². The Hall–Kier alpha value is -3.92. The number of aryl methyl sites for hydroxylation is 1. The molecule has 0 saturated carbocycles. The molecule has 6 heterocycles. The van der Waals surface area contributed by atoms with Crippen molar-refractivity contribution in [3.8, 4) is 11.1 Å². The molecule has 176 valence electrons. The second-order valence-corrected chi connectivity index (χ2v) is 10.1. The van der Waals surface area contributed by atoms with Crippen LogP contribution in [0, 0.1) is 12.3 Å². The monoisotopic (exact) mass is 485 g/mol. The van der Waals surface area contributed by atoms with Crippen LogP contribution >= 0.6 is 11.3 Å². The molecule has 35 heavy (non-hydrogen) atoms. The van der Waals surface area contributed by atoms with Crippen LogP contribution in [0.4, 0.5) is 10.8 Å². The van der Waals surface area contributed by atoms with Crippen molar-refractivity contribution in [2.24, 2.45) is 5.41 Å². The maximum Gasteiger partial charge on any atom is 0.261 e. The largest absolute Gasteiger partial charge is 0.371 e. The van der Waals surface area contributed by atoms with Crippen LogP contribution in [0.15, 0.2) is 49.1 Å². The summed E-state index contributed by atoms with van der Waals surface area (Å²) in [6.07, 6.45) is 8.45. The molecule has 6 rings (SSSR count). The van der Waals surface area contributed by atoms with E-state index in [1.54, 1.807) is 24.8 Å². The number of rotatable bonds is 4. The molecular formula is C25H23N7O2S. The van der Waals surface area contributed by atoms with Crippen LogP contribution in [0.5, 0.6) is 0 Å². The Labute approximate surface area is 205 Å². The molecule has 0 aromatic carbocycles. The van der Waals surface area contributed by atoms with Crippen LogP contribution in [-0.4, -0.2) is 51.4 Å². The van der Waals surface area contributed by atoms with Gasteiger partial charge in [0.2, 0.25) is 5.91 Å². The smallest absolute Gasteiger partial charge is 0.261 e. The molecule has 0 bridgehead atoms. The van der Waals surface area contributed by atoms with Crippen molar-refractivity contribution < 1.29 is 9.59 Å². The van der Waals surface area contributed by atoms with Gasteiger partial charge in [0.1, 0.15) is 0 Å². The van der Waals surface area contributed by atoms with Gasteiger partial charge in [-0.05, 0) is 49.6 Å². The van der Waals surface area contributed by atoms with Gasteiger partial charge in [-0.3, -0.25) is 24.9 Å². The highest BCUT2D eigenvalue weighted by Gasteiger charge is 2.48. The SMILES string of the molecule is Cc1cc(N2CCC3(CC2)CNC3=O)c(C(=O)Nc2nc3ncc(-c4ccncc4)cc3s2)cn1. The van der Waals surface area contributed by atoms with E-state index in [1.807, 2.05) is 31.2 Å². The molecule has 0 unspecified atom stereocenters. The van der Waals surface area contributed by atoms with Gasteiger partial charge in [-0.2, -0.15) is 4.98 Å². The Balaban J connectivity index is 1.23. The first-order valence-electron chi connectivity index (χ1n) is 11.5. The maximum absolute atomic E-state index is 13.3. The summed E-state index contributed by atoms with van der Waals surface area (Å²) in [5, 5.41) is 6.29. The second-order valence-electron chi connectivity index (χ2n) is 9.05. The number of hydrogen-bond acceptors (Lipinski definition) is 8. The highest BCUT2D eigenvalue weighted by molar-refractivity contribution is 7.22. The molecule has 2 aliphatic rings. The highest BCUT2D eigenvalue weighted by Crippen LogP contribution is 2.38. The number of fused-ring (bicyclic) bond motifs is 1. The molecule has 2 aliphatic heterocycles. The molecule has 4 aromatic rings. The fourth-order valence-electron chi connectivity index (χ4n) is 4.71. The van der Waals surface area contributed by atoms with Crippen molar-refractivity contribution in [1.82, 2.24) is 25.3 Å². The van der Waals surface area contributed by atoms with Crippen molar-refractivity contribution in [1.29, 1.82) is 0 Å². The molecule has 0 atom stereocenters. The maximum atomic E-state index is 13.3. The number of thiazole rings is 1. The quantitative estimate of drug-likeness (QED) is 0.426. The molecule has 2 N–H and O–H groups in total. The zero-order valence-electron chi connectivity index (χ0n) is 19.1. The lowest BCUT2D eigenvalue weighted by Gasteiger charge is -2.47. The summed E-state index contributed by atoms with van der Waals surface area (Å²) < 4.78 is 0.886. The minimum absolute atomic E-state index is 0.151. The summed E-state index contributed by atoms with van der Waals surface area (Å²) >= 11 is 1.38. The minimum Gasteiger partial charge on any atom is -0.371 e. The summed E-state index contributed by atoms with van der Waals surface area (Å²) in [7, 11) is 0. The Morgan fingerprint density at radius 2 is 1.91 bits per heavy atom. The number of carbonyl (C=O) groups excluding carboxylic acids is 2. The van der Waals surface area contributed by atoms with E-state index in [1.165, 1.54) is 11.3 Å². The van der Waals surface area contributed by atoms with Gasteiger partial charge in [-0.25, -0.2) is 4.98 Å². The van der Waals surface area contributed by atoms with Crippen molar-refractivity contribution in [3.05, 3.63) is 60.3 Å². The molecule has 9 nitrogen and oxygen atoms in total. The van der Waals surface area contributed by atoms with Gasteiger partial charge in [-0.1, -0.05) is 11.3 Å². The summed E-state index contributed by atoms with van der Waals surface area (Å²) in [4.78, 5) is 44.9. The number of piperidine rings is 1. The molecule has 4 aromatic heterocycles. The summed E-state index contributed by atoms with van der Waals surface area (Å²) in [6, 6.07) is 7.81. The Bertz CT molecular complexity index is 1440. The van der Waals surface area contributed by atoms with Crippen LogP contribution < -0.4 is 15.5 Å². The Kier molecular flexibility index (Phi) is 5.18. The Morgan fingerprint density at radius 3 is 2.63 bits per heavy atom. The topological polar surface area (TPSA) is 113 Å². The number of aromatic nitrogens is 4. The predicted molar refractivity (Wildman–Crippen MR) is 134 cm³/mol. The van der Waals surface area contributed by atoms with Crippen LogP contribution in [-0.2, 0) is 4.79 Å². The fourth-order valence-corrected chi connectivity index (χ4v) is 5.57. The highest BCUT2D eigenvalue weighted by atomic mass is 32.1. The number of amides is 2. The van der Waals surface area contributed by atoms with Crippen LogP contribution in [0.25, 0.3) is 21.5 Å². The van der Waals surface area contributed by atoms with Gasteiger partial charge in [0, 0.05) is 55.7 Å². The summed E-state index contributed by atoms with van der Waals surface area (Å²) in [5.74, 6) is -0.111. The van der Waals surface area contributed by atoms with Gasteiger partial charge in [0.25, 0.3) is 5.91 Å². The zero-order valence-corrected chi connectivity index (χ0v) is 19.9.